The van der Waals surface area contributed by atoms with Gasteiger partial charge in [0.25, 0.3) is 5.91 Å². The predicted molar refractivity (Wildman–Crippen MR) is 157 cm³/mol. The number of aryl methyl sites for hydroxylation is 1. The molecule has 2 aromatic heterocycles. The molecule has 3 heterocycles. The Labute approximate surface area is 245 Å². The molecule has 0 unspecified atom stereocenters. The smallest absolute Gasteiger partial charge is 0.333 e. The number of benzene rings is 3. The third kappa shape index (κ3) is 5.36. The van der Waals surface area contributed by atoms with Gasteiger partial charge in [-0.25, -0.2) is 9.78 Å². The maximum Gasteiger partial charge on any atom is 0.333 e. The second-order valence-corrected chi connectivity index (χ2v) is 10.8. The lowest BCUT2D eigenvalue weighted by molar-refractivity contribution is 0.0940. The van der Waals surface area contributed by atoms with Gasteiger partial charge in [-0.15, -0.1) is 0 Å². The molecular formula is C30H27Cl2N5O4. The summed E-state index contributed by atoms with van der Waals surface area (Å²) in [6.45, 7) is 4.14. The lowest BCUT2D eigenvalue weighted by Gasteiger charge is -2.28. The summed E-state index contributed by atoms with van der Waals surface area (Å²) in [6.07, 6.45) is 0. The number of fused-ring (bicyclic) bond motifs is 2. The molecule has 1 aliphatic heterocycles. The van der Waals surface area contributed by atoms with Crippen LogP contribution in [0.15, 0.2) is 69.9 Å². The molecule has 1 amide bonds. The van der Waals surface area contributed by atoms with Crippen LogP contribution in [0.1, 0.15) is 33.2 Å². The summed E-state index contributed by atoms with van der Waals surface area (Å²) in [5.74, 6) is 0.887. The highest BCUT2D eigenvalue weighted by Gasteiger charge is 2.30. The number of hydrogen-bond acceptors (Lipinski definition) is 6. The first kappa shape index (κ1) is 27.1. The van der Waals surface area contributed by atoms with Gasteiger partial charge in [0.1, 0.15) is 17.0 Å². The number of rotatable bonds is 7. The van der Waals surface area contributed by atoms with E-state index >= 15 is 0 Å². The molecular weight excluding hydrogens is 565 g/mol. The average molecular weight is 592 g/mol. The Kier molecular flexibility index (Phi) is 7.33. The fraction of sp³-hybridized carbons (Fsp3) is 0.233. The van der Waals surface area contributed by atoms with Gasteiger partial charge in [-0.3, -0.25) is 18.8 Å². The van der Waals surface area contributed by atoms with E-state index < -0.39 is 0 Å². The molecule has 0 spiro atoms. The van der Waals surface area contributed by atoms with Crippen LogP contribution in [-0.2, 0) is 26.2 Å². The minimum absolute atomic E-state index is 0.259. The number of oxazole rings is 1. The maximum atomic E-state index is 13.8. The fourth-order valence-corrected chi connectivity index (χ4v) is 5.53. The molecule has 0 saturated carbocycles. The number of ether oxygens (including phenoxy) is 1. The van der Waals surface area contributed by atoms with E-state index in [0.717, 1.165) is 16.6 Å². The van der Waals surface area contributed by atoms with Gasteiger partial charge >= 0.3 is 5.69 Å². The van der Waals surface area contributed by atoms with Gasteiger partial charge in [-0.2, -0.15) is 0 Å². The van der Waals surface area contributed by atoms with Gasteiger partial charge in [0.15, 0.2) is 11.5 Å². The molecule has 1 N–H and O–H groups in total. The van der Waals surface area contributed by atoms with Crippen LogP contribution in [0.25, 0.3) is 16.8 Å². The van der Waals surface area contributed by atoms with Gasteiger partial charge < -0.3 is 14.5 Å². The van der Waals surface area contributed by atoms with Crippen LogP contribution in [0.3, 0.4) is 0 Å². The summed E-state index contributed by atoms with van der Waals surface area (Å²) >= 11 is 12.3. The lowest BCUT2D eigenvalue weighted by atomic mass is 10.1. The van der Waals surface area contributed by atoms with E-state index in [1.165, 1.54) is 4.57 Å². The molecule has 11 heteroatoms. The Bertz CT molecular complexity index is 1820. The number of carbonyl (C=O) groups excluding carboxylic acids is 1. The standard InChI is InChI=1S/C30H27Cl2N5O4/c1-18-34-25-14-19(4-10-27(25)41-18)15-33-29(38)28-26-17-35(16-20-3-9-23(31)24(32)13-20)11-12-36(26)30(39)37(28)21-5-7-22(40-2)8-6-21/h3-10,13-14H,11-12,15-17H2,1-2H3,(H,33,38). The zero-order chi connectivity index (χ0) is 28.7. The van der Waals surface area contributed by atoms with E-state index in [9.17, 15) is 9.59 Å². The minimum atomic E-state index is -0.348. The first-order chi connectivity index (χ1) is 19.8. The van der Waals surface area contributed by atoms with Crippen molar-refractivity contribution in [3.63, 3.8) is 0 Å². The number of aromatic nitrogens is 3. The van der Waals surface area contributed by atoms with Crippen LogP contribution < -0.4 is 15.7 Å². The largest absolute Gasteiger partial charge is 0.497 e. The van der Waals surface area contributed by atoms with E-state index in [1.54, 1.807) is 48.9 Å². The summed E-state index contributed by atoms with van der Waals surface area (Å²) in [7, 11) is 1.58. The molecule has 41 heavy (non-hydrogen) atoms. The van der Waals surface area contributed by atoms with Gasteiger partial charge in [0.2, 0.25) is 0 Å². The van der Waals surface area contributed by atoms with E-state index in [-0.39, 0.29) is 18.1 Å². The first-order valence-corrected chi connectivity index (χ1v) is 13.9. The van der Waals surface area contributed by atoms with E-state index in [1.807, 2.05) is 30.3 Å². The Morgan fingerprint density at radius 2 is 1.80 bits per heavy atom. The topological polar surface area (TPSA) is 94.5 Å². The first-order valence-electron chi connectivity index (χ1n) is 13.1. The normalized spacial score (nSPS) is 13.4. The van der Waals surface area contributed by atoms with E-state index in [4.69, 9.17) is 32.4 Å². The van der Waals surface area contributed by atoms with Crippen LogP contribution in [0, 0.1) is 6.92 Å². The number of amides is 1. The Morgan fingerprint density at radius 1 is 1.02 bits per heavy atom. The van der Waals surface area contributed by atoms with Gasteiger partial charge in [0, 0.05) is 39.6 Å². The number of nitrogens with zero attached hydrogens (tertiary/aromatic N) is 4. The van der Waals surface area contributed by atoms with Crippen LogP contribution >= 0.6 is 23.2 Å². The molecule has 0 bridgehead atoms. The summed E-state index contributed by atoms with van der Waals surface area (Å²) < 4.78 is 14.0. The zero-order valence-electron chi connectivity index (χ0n) is 22.5. The molecule has 9 nitrogen and oxygen atoms in total. The number of methoxy groups -OCH3 is 1. The van der Waals surface area contributed by atoms with Crippen molar-refractivity contribution in [3.8, 4) is 11.4 Å². The predicted octanol–water partition coefficient (Wildman–Crippen LogP) is 5.35. The Morgan fingerprint density at radius 3 is 2.56 bits per heavy atom. The molecule has 1 aliphatic rings. The SMILES string of the molecule is COc1ccc(-n2c(C(=O)NCc3ccc4oc(C)nc4c3)c3n(c2=O)CCN(Cc2ccc(Cl)c(Cl)c2)C3)cc1. The molecule has 210 valence electrons. The van der Waals surface area contributed by atoms with Crippen molar-refractivity contribution in [2.24, 2.45) is 0 Å². The van der Waals surface area contributed by atoms with Crippen molar-refractivity contribution in [2.75, 3.05) is 13.7 Å². The van der Waals surface area contributed by atoms with Crippen LogP contribution in [0.4, 0.5) is 0 Å². The highest BCUT2D eigenvalue weighted by molar-refractivity contribution is 6.42. The minimum Gasteiger partial charge on any atom is -0.497 e. The molecule has 0 aliphatic carbocycles. The quantitative estimate of drug-likeness (QED) is 0.274. The monoisotopic (exact) mass is 591 g/mol. The van der Waals surface area contributed by atoms with Crippen molar-refractivity contribution < 1.29 is 13.9 Å². The molecule has 5 aromatic rings. The molecule has 6 rings (SSSR count). The van der Waals surface area contributed by atoms with Crippen molar-refractivity contribution >= 4 is 40.2 Å². The second kappa shape index (κ2) is 11.1. The molecule has 0 saturated heterocycles. The highest BCUT2D eigenvalue weighted by atomic mass is 35.5. The average Bonchev–Trinajstić information content (AvgIpc) is 3.49. The second-order valence-electron chi connectivity index (χ2n) is 9.94. The Balaban J connectivity index is 1.33. The summed E-state index contributed by atoms with van der Waals surface area (Å²) in [5.41, 5.74) is 4.55. The molecule has 0 fully saturated rings. The van der Waals surface area contributed by atoms with Crippen molar-refractivity contribution in [3.05, 3.63) is 110 Å². The number of hydrogen-bond donors (Lipinski definition) is 1. The number of carbonyl (C=O) groups is 1. The zero-order valence-corrected chi connectivity index (χ0v) is 24.0. The van der Waals surface area contributed by atoms with Gasteiger partial charge in [0.05, 0.1) is 28.5 Å². The molecule has 3 aromatic carbocycles. The fourth-order valence-electron chi connectivity index (χ4n) is 5.21. The third-order valence-electron chi connectivity index (χ3n) is 7.21. The van der Waals surface area contributed by atoms with E-state index in [0.29, 0.717) is 70.5 Å². The number of halogens is 2. The summed E-state index contributed by atoms with van der Waals surface area (Å²) in [6, 6.07) is 18.2. The number of nitrogens with one attached hydrogen (secondary N) is 1. The number of imidazole rings is 1. The van der Waals surface area contributed by atoms with Crippen LogP contribution in [0.2, 0.25) is 10.0 Å². The van der Waals surface area contributed by atoms with Crippen LogP contribution in [-0.4, -0.2) is 38.6 Å². The maximum absolute atomic E-state index is 13.8. The van der Waals surface area contributed by atoms with Gasteiger partial charge in [-0.05, 0) is 59.7 Å². The van der Waals surface area contributed by atoms with Gasteiger partial charge in [-0.1, -0.05) is 35.3 Å². The van der Waals surface area contributed by atoms with E-state index in [2.05, 4.69) is 15.2 Å². The molecule has 0 radical (unpaired) electrons. The summed E-state index contributed by atoms with van der Waals surface area (Å²) in [4.78, 5) is 34.1. The van der Waals surface area contributed by atoms with Crippen molar-refractivity contribution in [2.45, 2.75) is 33.1 Å². The summed E-state index contributed by atoms with van der Waals surface area (Å²) in [5, 5.41) is 4.00. The molecule has 0 atom stereocenters. The van der Waals surface area contributed by atoms with Crippen molar-refractivity contribution in [1.82, 2.24) is 24.3 Å². The Hall–Kier alpha value is -4.05. The van der Waals surface area contributed by atoms with Crippen molar-refractivity contribution in [1.29, 1.82) is 0 Å². The third-order valence-corrected chi connectivity index (χ3v) is 7.95. The highest BCUT2D eigenvalue weighted by Crippen LogP contribution is 2.26. The lowest BCUT2D eigenvalue weighted by Crippen LogP contribution is -2.37. The van der Waals surface area contributed by atoms with Crippen LogP contribution in [0.5, 0.6) is 5.75 Å².